The van der Waals surface area contributed by atoms with Gasteiger partial charge in [-0.15, -0.1) is 0 Å². The molecule has 0 radical (unpaired) electrons. The Hall–Kier alpha value is -0.830. The summed E-state index contributed by atoms with van der Waals surface area (Å²) in [5, 5.41) is 0. The van der Waals surface area contributed by atoms with Gasteiger partial charge in [0.15, 0.2) is 0 Å². The van der Waals surface area contributed by atoms with Crippen LogP contribution in [0.4, 0.5) is 0 Å². The number of amides is 1. The molecular weight excluding hydrogens is 290 g/mol. The average molecular weight is 308 g/mol. The molecule has 1 heterocycles. The SMILES string of the molecule is Cc1cc(Br)cc(C(=O)N2CCC3(CC2)CC3)c1. The van der Waals surface area contributed by atoms with Gasteiger partial charge in [-0.3, -0.25) is 4.79 Å². The zero-order chi connectivity index (χ0) is 12.8. The highest BCUT2D eigenvalue weighted by Gasteiger charge is 2.45. The zero-order valence-electron chi connectivity index (χ0n) is 10.7. The fourth-order valence-electron chi connectivity index (χ4n) is 2.90. The van der Waals surface area contributed by atoms with E-state index in [1.807, 2.05) is 30.0 Å². The van der Waals surface area contributed by atoms with Crippen LogP contribution in [0.1, 0.15) is 41.6 Å². The van der Waals surface area contributed by atoms with Crippen LogP contribution in [0, 0.1) is 12.3 Å². The molecule has 1 saturated carbocycles. The molecule has 0 bridgehead atoms. The van der Waals surface area contributed by atoms with Gasteiger partial charge in [-0.1, -0.05) is 15.9 Å². The van der Waals surface area contributed by atoms with Gasteiger partial charge < -0.3 is 4.90 Å². The Kier molecular flexibility index (Phi) is 2.97. The largest absolute Gasteiger partial charge is 0.339 e. The Balaban J connectivity index is 1.74. The van der Waals surface area contributed by atoms with Gasteiger partial charge in [0, 0.05) is 23.1 Å². The molecule has 1 saturated heterocycles. The fraction of sp³-hybridized carbons (Fsp3) is 0.533. The van der Waals surface area contributed by atoms with Crippen LogP contribution in [0.3, 0.4) is 0 Å². The number of benzene rings is 1. The molecule has 0 unspecified atom stereocenters. The first-order chi connectivity index (χ1) is 8.58. The second kappa shape index (κ2) is 4.37. The van der Waals surface area contributed by atoms with Crippen molar-refractivity contribution >= 4 is 21.8 Å². The summed E-state index contributed by atoms with van der Waals surface area (Å²) in [5.74, 6) is 0.190. The highest BCUT2D eigenvalue weighted by atomic mass is 79.9. The number of piperidine rings is 1. The normalized spacial score (nSPS) is 21.1. The molecule has 0 aromatic heterocycles. The lowest BCUT2D eigenvalue weighted by Crippen LogP contribution is -2.39. The summed E-state index contributed by atoms with van der Waals surface area (Å²) in [7, 11) is 0. The van der Waals surface area contributed by atoms with E-state index in [4.69, 9.17) is 0 Å². The third-order valence-corrected chi connectivity index (χ3v) is 4.82. The smallest absolute Gasteiger partial charge is 0.253 e. The van der Waals surface area contributed by atoms with Crippen LogP contribution in [0.2, 0.25) is 0 Å². The predicted molar refractivity (Wildman–Crippen MR) is 75.7 cm³/mol. The molecule has 2 aliphatic rings. The molecule has 1 aliphatic carbocycles. The Labute approximate surface area is 116 Å². The number of halogens is 1. The first kappa shape index (κ1) is 12.2. The van der Waals surface area contributed by atoms with Gasteiger partial charge in [0.1, 0.15) is 0 Å². The molecule has 1 aromatic carbocycles. The molecule has 1 amide bonds. The van der Waals surface area contributed by atoms with E-state index in [0.717, 1.165) is 28.7 Å². The third kappa shape index (κ3) is 2.33. The van der Waals surface area contributed by atoms with Gasteiger partial charge in [-0.25, -0.2) is 0 Å². The second-order valence-corrected chi connectivity index (χ2v) is 6.73. The van der Waals surface area contributed by atoms with Crippen molar-refractivity contribution < 1.29 is 4.79 Å². The molecule has 3 heteroatoms. The third-order valence-electron chi connectivity index (χ3n) is 4.36. The molecule has 18 heavy (non-hydrogen) atoms. The summed E-state index contributed by atoms with van der Waals surface area (Å²) in [6.45, 7) is 3.89. The summed E-state index contributed by atoms with van der Waals surface area (Å²) in [6.07, 6.45) is 5.16. The molecule has 1 spiro atoms. The number of aryl methyl sites for hydroxylation is 1. The van der Waals surface area contributed by atoms with Crippen LogP contribution in [0.15, 0.2) is 22.7 Å². The van der Waals surface area contributed by atoms with Crippen molar-refractivity contribution in [1.29, 1.82) is 0 Å². The van der Waals surface area contributed by atoms with E-state index in [9.17, 15) is 4.79 Å². The highest BCUT2D eigenvalue weighted by Crippen LogP contribution is 2.53. The van der Waals surface area contributed by atoms with Crippen molar-refractivity contribution in [3.05, 3.63) is 33.8 Å². The van der Waals surface area contributed by atoms with Gasteiger partial charge in [-0.05, 0) is 61.8 Å². The Morgan fingerprint density at radius 2 is 1.83 bits per heavy atom. The standard InChI is InChI=1S/C15H18BrNO/c1-11-8-12(10-13(16)9-11)14(18)17-6-4-15(2-3-15)5-7-17/h8-10H,2-7H2,1H3. The Morgan fingerprint density at radius 3 is 2.39 bits per heavy atom. The monoisotopic (exact) mass is 307 g/mol. The van der Waals surface area contributed by atoms with Crippen LogP contribution in [0.25, 0.3) is 0 Å². The van der Waals surface area contributed by atoms with Crippen molar-refractivity contribution in [3.63, 3.8) is 0 Å². The highest BCUT2D eigenvalue weighted by molar-refractivity contribution is 9.10. The topological polar surface area (TPSA) is 20.3 Å². The number of nitrogens with zero attached hydrogens (tertiary/aromatic N) is 1. The van der Waals surface area contributed by atoms with Gasteiger partial charge in [0.2, 0.25) is 0 Å². The van der Waals surface area contributed by atoms with Crippen molar-refractivity contribution in [2.24, 2.45) is 5.41 Å². The van der Waals surface area contributed by atoms with E-state index >= 15 is 0 Å². The van der Waals surface area contributed by atoms with Crippen LogP contribution in [0.5, 0.6) is 0 Å². The maximum Gasteiger partial charge on any atom is 0.253 e. The minimum atomic E-state index is 0.190. The van der Waals surface area contributed by atoms with Gasteiger partial charge in [0.05, 0.1) is 0 Å². The quantitative estimate of drug-likeness (QED) is 0.773. The number of likely N-dealkylation sites (tertiary alicyclic amines) is 1. The minimum Gasteiger partial charge on any atom is -0.339 e. The second-order valence-electron chi connectivity index (χ2n) is 5.81. The van der Waals surface area contributed by atoms with Crippen molar-refractivity contribution in [3.8, 4) is 0 Å². The molecule has 96 valence electrons. The summed E-state index contributed by atoms with van der Waals surface area (Å²) in [4.78, 5) is 14.5. The van der Waals surface area contributed by atoms with E-state index in [-0.39, 0.29) is 5.91 Å². The van der Waals surface area contributed by atoms with E-state index in [1.54, 1.807) is 0 Å². The van der Waals surface area contributed by atoms with E-state index in [1.165, 1.54) is 25.7 Å². The fourth-order valence-corrected chi connectivity index (χ4v) is 3.51. The number of hydrogen-bond donors (Lipinski definition) is 0. The maximum absolute atomic E-state index is 12.4. The predicted octanol–water partition coefficient (Wildman–Crippen LogP) is 3.77. The van der Waals surface area contributed by atoms with Crippen molar-refractivity contribution in [2.45, 2.75) is 32.6 Å². The van der Waals surface area contributed by atoms with E-state index in [0.29, 0.717) is 5.41 Å². The lowest BCUT2D eigenvalue weighted by molar-refractivity contribution is 0.0678. The summed E-state index contributed by atoms with van der Waals surface area (Å²) >= 11 is 3.46. The average Bonchev–Trinajstić information content (AvgIpc) is 3.08. The molecule has 1 aromatic rings. The number of hydrogen-bond acceptors (Lipinski definition) is 1. The van der Waals surface area contributed by atoms with Crippen LogP contribution in [-0.2, 0) is 0 Å². The minimum absolute atomic E-state index is 0.190. The van der Waals surface area contributed by atoms with Gasteiger partial charge in [0.25, 0.3) is 5.91 Å². The molecule has 2 nitrogen and oxygen atoms in total. The van der Waals surface area contributed by atoms with Crippen LogP contribution < -0.4 is 0 Å². The van der Waals surface area contributed by atoms with E-state index in [2.05, 4.69) is 15.9 Å². The van der Waals surface area contributed by atoms with E-state index < -0.39 is 0 Å². The van der Waals surface area contributed by atoms with Crippen molar-refractivity contribution in [1.82, 2.24) is 4.90 Å². The van der Waals surface area contributed by atoms with Gasteiger partial charge in [-0.2, -0.15) is 0 Å². The molecule has 0 N–H and O–H groups in total. The first-order valence-electron chi connectivity index (χ1n) is 6.65. The number of rotatable bonds is 1. The lowest BCUT2D eigenvalue weighted by atomic mass is 9.93. The Bertz CT molecular complexity index is 463. The van der Waals surface area contributed by atoms with Crippen LogP contribution >= 0.6 is 15.9 Å². The summed E-state index contributed by atoms with van der Waals surface area (Å²) < 4.78 is 0.988. The lowest BCUT2D eigenvalue weighted by Gasteiger charge is -2.32. The first-order valence-corrected chi connectivity index (χ1v) is 7.44. The summed E-state index contributed by atoms with van der Waals surface area (Å²) in [6, 6.07) is 5.94. The van der Waals surface area contributed by atoms with Gasteiger partial charge >= 0.3 is 0 Å². The molecule has 3 rings (SSSR count). The molecule has 1 aliphatic heterocycles. The number of carbonyl (C=O) groups is 1. The summed E-state index contributed by atoms with van der Waals surface area (Å²) in [5.41, 5.74) is 2.57. The number of carbonyl (C=O) groups excluding carboxylic acids is 1. The van der Waals surface area contributed by atoms with Crippen molar-refractivity contribution in [2.75, 3.05) is 13.1 Å². The Morgan fingerprint density at radius 1 is 1.17 bits per heavy atom. The van der Waals surface area contributed by atoms with Crippen LogP contribution in [-0.4, -0.2) is 23.9 Å². The molecular formula is C15H18BrNO. The zero-order valence-corrected chi connectivity index (χ0v) is 12.3. The molecule has 2 fully saturated rings. The molecule has 0 atom stereocenters. The maximum atomic E-state index is 12.4.